The Morgan fingerprint density at radius 2 is 2.12 bits per heavy atom. The zero-order valence-corrected chi connectivity index (χ0v) is 10.3. The summed E-state index contributed by atoms with van der Waals surface area (Å²) in [5.41, 5.74) is 2.52. The van der Waals surface area contributed by atoms with Crippen molar-refractivity contribution in [2.75, 3.05) is 5.32 Å². The predicted octanol–water partition coefficient (Wildman–Crippen LogP) is 3.21. The van der Waals surface area contributed by atoms with Gasteiger partial charge in [0.05, 0.1) is 6.04 Å². The van der Waals surface area contributed by atoms with E-state index in [0.29, 0.717) is 0 Å². The predicted molar refractivity (Wildman–Crippen MR) is 71.5 cm³/mol. The Kier molecular flexibility index (Phi) is 2.87. The van der Waals surface area contributed by atoms with Crippen molar-refractivity contribution < 1.29 is 5.11 Å². The molecule has 0 aliphatic carbocycles. The molecule has 1 aliphatic rings. The van der Waals surface area contributed by atoms with E-state index in [9.17, 15) is 5.11 Å². The molecule has 2 heterocycles. The van der Waals surface area contributed by atoms with E-state index in [0.717, 1.165) is 17.7 Å². The zero-order valence-electron chi connectivity index (χ0n) is 9.47. The maximum atomic E-state index is 10.3. The third kappa shape index (κ3) is 2.08. The standard InChI is InChI=1S/C14H15NOS/c16-14(13-6-3-9-17-13)12-8-7-10-4-1-2-5-11(10)15-12/h1-6,9,12,14-16H,7-8H2. The Balaban J connectivity index is 1.80. The van der Waals surface area contributed by atoms with Crippen molar-refractivity contribution in [3.63, 3.8) is 0 Å². The number of nitrogens with one attached hydrogen (secondary N) is 1. The highest BCUT2D eigenvalue weighted by Crippen LogP contribution is 2.31. The van der Waals surface area contributed by atoms with E-state index in [2.05, 4.69) is 23.5 Å². The van der Waals surface area contributed by atoms with Gasteiger partial charge in [-0.3, -0.25) is 0 Å². The lowest BCUT2D eigenvalue weighted by Gasteiger charge is -2.30. The SMILES string of the molecule is OC(c1cccs1)C1CCc2ccccc2N1. The Labute approximate surface area is 105 Å². The van der Waals surface area contributed by atoms with Crippen molar-refractivity contribution in [1.82, 2.24) is 0 Å². The van der Waals surface area contributed by atoms with E-state index in [1.807, 2.05) is 23.6 Å². The van der Waals surface area contributed by atoms with Gasteiger partial charge in [0.25, 0.3) is 0 Å². The molecule has 0 bridgehead atoms. The second-order valence-electron chi connectivity index (χ2n) is 4.41. The minimum atomic E-state index is -0.400. The van der Waals surface area contributed by atoms with Crippen molar-refractivity contribution in [3.05, 3.63) is 52.2 Å². The summed E-state index contributed by atoms with van der Waals surface area (Å²) in [4.78, 5) is 1.04. The maximum Gasteiger partial charge on any atom is 0.108 e. The molecule has 1 aromatic heterocycles. The fourth-order valence-electron chi connectivity index (χ4n) is 2.36. The minimum absolute atomic E-state index is 0.128. The molecule has 1 aliphatic heterocycles. The van der Waals surface area contributed by atoms with Gasteiger partial charge in [-0.2, -0.15) is 0 Å². The highest BCUT2D eigenvalue weighted by molar-refractivity contribution is 7.10. The van der Waals surface area contributed by atoms with E-state index < -0.39 is 6.10 Å². The summed E-state index contributed by atoms with van der Waals surface area (Å²) >= 11 is 1.62. The average Bonchev–Trinajstić information content (AvgIpc) is 2.91. The molecule has 2 aromatic rings. The first kappa shape index (κ1) is 10.8. The van der Waals surface area contributed by atoms with Crippen molar-refractivity contribution in [2.45, 2.75) is 25.0 Å². The average molecular weight is 245 g/mol. The molecule has 0 radical (unpaired) electrons. The molecule has 0 saturated carbocycles. The van der Waals surface area contributed by atoms with Gasteiger partial charge in [0.15, 0.2) is 0 Å². The molecule has 2 unspecified atom stereocenters. The second-order valence-corrected chi connectivity index (χ2v) is 5.39. The molecule has 0 saturated heterocycles. The lowest BCUT2D eigenvalue weighted by molar-refractivity contribution is 0.152. The van der Waals surface area contributed by atoms with Gasteiger partial charge in [0, 0.05) is 10.6 Å². The van der Waals surface area contributed by atoms with E-state index in [1.165, 1.54) is 11.3 Å². The van der Waals surface area contributed by atoms with Gasteiger partial charge in [0.2, 0.25) is 0 Å². The first-order chi connectivity index (χ1) is 8.34. The number of fused-ring (bicyclic) bond motifs is 1. The number of thiophene rings is 1. The van der Waals surface area contributed by atoms with Crippen molar-refractivity contribution >= 4 is 17.0 Å². The summed E-state index contributed by atoms with van der Waals surface area (Å²) in [6.45, 7) is 0. The van der Waals surface area contributed by atoms with E-state index in [1.54, 1.807) is 11.3 Å². The normalized spacial score (nSPS) is 20.4. The van der Waals surface area contributed by atoms with Gasteiger partial charge in [0.1, 0.15) is 6.10 Å². The quantitative estimate of drug-likeness (QED) is 0.851. The number of hydrogen-bond acceptors (Lipinski definition) is 3. The molecular weight excluding hydrogens is 230 g/mol. The van der Waals surface area contributed by atoms with E-state index in [-0.39, 0.29) is 6.04 Å². The summed E-state index contributed by atoms with van der Waals surface area (Å²) in [5, 5.41) is 15.8. The Morgan fingerprint density at radius 3 is 2.94 bits per heavy atom. The van der Waals surface area contributed by atoms with Crippen LogP contribution in [0.3, 0.4) is 0 Å². The van der Waals surface area contributed by atoms with Gasteiger partial charge in [-0.1, -0.05) is 24.3 Å². The molecule has 0 amide bonds. The van der Waals surface area contributed by atoms with Gasteiger partial charge in [-0.05, 0) is 35.9 Å². The molecule has 3 heteroatoms. The van der Waals surface area contributed by atoms with Gasteiger partial charge < -0.3 is 10.4 Å². The van der Waals surface area contributed by atoms with Crippen LogP contribution in [0.1, 0.15) is 23.0 Å². The van der Waals surface area contributed by atoms with Crippen LogP contribution in [0.25, 0.3) is 0 Å². The summed E-state index contributed by atoms with van der Waals surface area (Å²) in [5.74, 6) is 0. The van der Waals surface area contributed by atoms with Crippen LogP contribution < -0.4 is 5.32 Å². The van der Waals surface area contributed by atoms with Crippen LogP contribution in [0.5, 0.6) is 0 Å². The second kappa shape index (κ2) is 4.51. The van der Waals surface area contributed by atoms with Gasteiger partial charge >= 0.3 is 0 Å². The number of anilines is 1. The maximum absolute atomic E-state index is 10.3. The molecule has 0 fully saturated rings. The highest BCUT2D eigenvalue weighted by Gasteiger charge is 2.25. The van der Waals surface area contributed by atoms with E-state index >= 15 is 0 Å². The van der Waals surface area contributed by atoms with Crippen molar-refractivity contribution in [3.8, 4) is 0 Å². The molecular formula is C14H15NOS. The molecule has 2 atom stereocenters. The highest BCUT2D eigenvalue weighted by atomic mass is 32.1. The first-order valence-electron chi connectivity index (χ1n) is 5.90. The molecule has 2 N–H and O–H groups in total. The lowest BCUT2D eigenvalue weighted by Crippen LogP contribution is -2.31. The first-order valence-corrected chi connectivity index (χ1v) is 6.78. The van der Waals surface area contributed by atoms with E-state index in [4.69, 9.17) is 0 Å². The molecule has 1 aromatic carbocycles. The van der Waals surface area contributed by atoms with Crippen LogP contribution in [0.2, 0.25) is 0 Å². The Morgan fingerprint density at radius 1 is 1.24 bits per heavy atom. The van der Waals surface area contributed by atoms with Crippen LogP contribution in [-0.4, -0.2) is 11.1 Å². The topological polar surface area (TPSA) is 32.3 Å². The van der Waals surface area contributed by atoms with Crippen molar-refractivity contribution in [1.29, 1.82) is 0 Å². The fourth-order valence-corrected chi connectivity index (χ4v) is 3.13. The van der Waals surface area contributed by atoms with Crippen LogP contribution in [-0.2, 0) is 6.42 Å². The molecule has 17 heavy (non-hydrogen) atoms. The van der Waals surface area contributed by atoms with Crippen LogP contribution in [0.15, 0.2) is 41.8 Å². The number of para-hydroxylation sites is 1. The summed E-state index contributed by atoms with van der Waals surface area (Å²) in [7, 11) is 0. The third-order valence-corrected chi connectivity index (χ3v) is 4.24. The number of hydrogen-bond donors (Lipinski definition) is 2. The molecule has 88 valence electrons. The number of benzene rings is 1. The summed E-state index contributed by atoms with van der Waals surface area (Å²) < 4.78 is 0. The molecule has 0 spiro atoms. The summed E-state index contributed by atoms with van der Waals surface area (Å²) in [6.07, 6.45) is 1.62. The molecule has 3 rings (SSSR count). The number of aliphatic hydroxyl groups excluding tert-OH is 1. The van der Waals surface area contributed by atoms with Crippen LogP contribution >= 0.6 is 11.3 Å². The minimum Gasteiger partial charge on any atom is -0.385 e. The number of aryl methyl sites for hydroxylation is 1. The number of rotatable bonds is 2. The lowest BCUT2D eigenvalue weighted by atomic mass is 9.94. The Hall–Kier alpha value is -1.32. The van der Waals surface area contributed by atoms with Crippen LogP contribution in [0.4, 0.5) is 5.69 Å². The largest absolute Gasteiger partial charge is 0.385 e. The third-order valence-electron chi connectivity index (χ3n) is 3.30. The van der Waals surface area contributed by atoms with Crippen LogP contribution in [0, 0.1) is 0 Å². The summed E-state index contributed by atoms with van der Waals surface area (Å²) in [6, 6.07) is 12.4. The zero-order chi connectivity index (χ0) is 11.7. The monoisotopic (exact) mass is 245 g/mol. The smallest absolute Gasteiger partial charge is 0.108 e. The van der Waals surface area contributed by atoms with Gasteiger partial charge in [-0.15, -0.1) is 11.3 Å². The van der Waals surface area contributed by atoms with Gasteiger partial charge in [-0.25, -0.2) is 0 Å². The van der Waals surface area contributed by atoms with Crippen molar-refractivity contribution in [2.24, 2.45) is 0 Å². The molecule has 2 nitrogen and oxygen atoms in total. The number of aliphatic hydroxyl groups is 1. The Bertz CT molecular complexity index is 495. The fraction of sp³-hybridized carbons (Fsp3) is 0.286.